The number of piperidine rings is 1. The van der Waals surface area contributed by atoms with Crippen LogP contribution in [0.25, 0.3) is 0 Å². The predicted octanol–water partition coefficient (Wildman–Crippen LogP) is 2.63. The fourth-order valence-corrected chi connectivity index (χ4v) is 3.07. The van der Waals surface area contributed by atoms with Gasteiger partial charge in [-0.05, 0) is 18.9 Å². The first-order chi connectivity index (χ1) is 8.77. The summed E-state index contributed by atoms with van der Waals surface area (Å²) in [4.78, 5) is 0. The Kier molecular flexibility index (Phi) is 3.37. The van der Waals surface area contributed by atoms with E-state index in [4.69, 9.17) is 9.47 Å². The smallest absolute Gasteiger partial charge is 0.171 e. The lowest BCUT2D eigenvalue weighted by Gasteiger charge is -2.45. The summed E-state index contributed by atoms with van der Waals surface area (Å²) >= 11 is 0. The van der Waals surface area contributed by atoms with Crippen molar-refractivity contribution in [1.29, 1.82) is 0 Å². The molecule has 2 saturated heterocycles. The first-order valence-electron chi connectivity index (χ1n) is 6.86. The largest absolute Gasteiger partial charge is 0.350 e. The lowest BCUT2D eigenvalue weighted by molar-refractivity contribution is -0.286. The van der Waals surface area contributed by atoms with Gasteiger partial charge in [0.15, 0.2) is 5.79 Å². The molecule has 98 valence electrons. The minimum Gasteiger partial charge on any atom is -0.350 e. The van der Waals surface area contributed by atoms with Crippen LogP contribution >= 0.6 is 0 Å². The van der Waals surface area contributed by atoms with E-state index in [0.29, 0.717) is 12.1 Å². The summed E-state index contributed by atoms with van der Waals surface area (Å²) in [6, 6.07) is 11.3. The molecule has 3 rings (SSSR count). The van der Waals surface area contributed by atoms with E-state index in [1.807, 2.05) is 0 Å². The molecule has 1 N–H and O–H groups in total. The van der Waals surface area contributed by atoms with Gasteiger partial charge in [-0.15, -0.1) is 0 Å². The molecule has 0 bridgehead atoms. The van der Waals surface area contributed by atoms with E-state index in [-0.39, 0.29) is 5.79 Å². The summed E-state index contributed by atoms with van der Waals surface area (Å²) in [7, 11) is 0. The summed E-state index contributed by atoms with van der Waals surface area (Å²) < 4.78 is 11.9. The number of hydrogen-bond donors (Lipinski definition) is 1. The zero-order valence-electron chi connectivity index (χ0n) is 10.9. The average molecular weight is 247 g/mol. The summed E-state index contributed by atoms with van der Waals surface area (Å²) in [5.41, 5.74) is 1.32. The molecule has 2 aliphatic rings. The molecule has 2 fully saturated rings. The zero-order valence-corrected chi connectivity index (χ0v) is 10.9. The number of hydrogen-bond acceptors (Lipinski definition) is 3. The number of ether oxygens (including phenoxy) is 2. The van der Waals surface area contributed by atoms with Crippen molar-refractivity contribution < 1.29 is 9.47 Å². The van der Waals surface area contributed by atoms with Gasteiger partial charge in [0.1, 0.15) is 0 Å². The third kappa shape index (κ3) is 2.44. The molecule has 1 aromatic carbocycles. The Hall–Kier alpha value is -0.900. The van der Waals surface area contributed by atoms with Gasteiger partial charge in [-0.2, -0.15) is 0 Å². The molecule has 0 aliphatic carbocycles. The molecular formula is C15H21NO2. The van der Waals surface area contributed by atoms with Gasteiger partial charge in [0.25, 0.3) is 0 Å². The predicted molar refractivity (Wildman–Crippen MR) is 70.3 cm³/mol. The van der Waals surface area contributed by atoms with E-state index < -0.39 is 0 Å². The van der Waals surface area contributed by atoms with E-state index in [0.717, 1.165) is 32.5 Å². The third-order valence-electron chi connectivity index (χ3n) is 3.84. The van der Waals surface area contributed by atoms with Crippen LogP contribution in [0.1, 0.15) is 37.8 Å². The molecule has 0 unspecified atom stereocenters. The van der Waals surface area contributed by atoms with Gasteiger partial charge in [0.2, 0.25) is 0 Å². The van der Waals surface area contributed by atoms with Crippen molar-refractivity contribution in [2.75, 3.05) is 13.2 Å². The molecule has 3 nitrogen and oxygen atoms in total. The molecule has 3 heteroatoms. The highest BCUT2D eigenvalue weighted by molar-refractivity contribution is 5.20. The molecule has 0 aromatic heterocycles. The van der Waals surface area contributed by atoms with Crippen LogP contribution in [0.3, 0.4) is 0 Å². The first kappa shape index (κ1) is 12.2. The van der Waals surface area contributed by atoms with Gasteiger partial charge in [-0.3, -0.25) is 0 Å². The Labute approximate surface area is 108 Å². The van der Waals surface area contributed by atoms with Gasteiger partial charge in [0.05, 0.1) is 13.2 Å². The maximum absolute atomic E-state index is 5.97. The van der Waals surface area contributed by atoms with E-state index in [1.165, 1.54) is 5.56 Å². The van der Waals surface area contributed by atoms with Crippen LogP contribution in [0.4, 0.5) is 0 Å². The van der Waals surface area contributed by atoms with Gasteiger partial charge >= 0.3 is 0 Å². The van der Waals surface area contributed by atoms with Crippen LogP contribution in [0.2, 0.25) is 0 Å². The Balaban J connectivity index is 1.80. The highest BCUT2D eigenvalue weighted by atomic mass is 16.7. The van der Waals surface area contributed by atoms with Gasteiger partial charge in [-0.1, -0.05) is 30.3 Å². The highest BCUT2D eigenvalue weighted by Crippen LogP contribution is 2.38. The number of nitrogens with one attached hydrogen (secondary N) is 1. The second-order valence-electron chi connectivity index (χ2n) is 5.40. The zero-order chi connectivity index (χ0) is 12.4. The minimum atomic E-state index is -0.358. The fourth-order valence-electron chi connectivity index (χ4n) is 3.07. The van der Waals surface area contributed by atoms with Gasteiger partial charge in [-0.25, -0.2) is 0 Å². The second-order valence-corrected chi connectivity index (χ2v) is 5.40. The van der Waals surface area contributed by atoms with Crippen molar-refractivity contribution in [3.63, 3.8) is 0 Å². The topological polar surface area (TPSA) is 30.5 Å². The van der Waals surface area contributed by atoms with Gasteiger partial charge in [0, 0.05) is 24.9 Å². The SMILES string of the molecule is C[C@@H]1CC2(C[C@H](c3ccccc3)N1)OCCCO2. The van der Waals surface area contributed by atoms with Crippen molar-refractivity contribution in [2.45, 2.75) is 44.1 Å². The van der Waals surface area contributed by atoms with Crippen molar-refractivity contribution >= 4 is 0 Å². The average Bonchev–Trinajstić information content (AvgIpc) is 2.40. The summed E-state index contributed by atoms with van der Waals surface area (Å²) in [6.07, 6.45) is 2.86. The Morgan fingerprint density at radius 3 is 2.56 bits per heavy atom. The van der Waals surface area contributed by atoms with Crippen LogP contribution in [0, 0.1) is 0 Å². The maximum atomic E-state index is 5.97. The van der Waals surface area contributed by atoms with E-state index in [2.05, 4.69) is 42.6 Å². The molecular weight excluding hydrogens is 226 g/mol. The molecule has 2 aliphatic heterocycles. The molecule has 2 heterocycles. The van der Waals surface area contributed by atoms with Crippen molar-refractivity contribution in [2.24, 2.45) is 0 Å². The Morgan fingerprint density at radius 1 is 1.11 bits per heavy atom. The molecule has 0 saturated carbocycles. The molecule has 1 aromatic rings. The fraction of sp³-hybridized carbons (Fsp3) is 0.600. The third-order valence-corrected chi connectivity index (χ3v) is 3.84. The summed E-state index contributed by atoms with van der Waals surface area (Å²) in [6.45, 7) is 3.86. The lowest BCUT2D eigenvalue weighted by Crippen LogP contribution is -2.53. The first-order valence-corrected chi connectivity index (χ1v) is 6.86. The minimum absolute atomic E-state index is 0.327. The van der Waals surface area contributed by atoms with Crippen LogP contribution in [0.15, 0.2) is 30.3 Å². The van der Waals surface area contributed by atoms with E-state index >= 15 is 0 Å². The highest BCUT2D eigenvalue weighted by Gasteiger charge is 2.42. The Morgan fingerprint density at radius 2 is 1.83 bits per heavy atom. The van der Waals surface area contributed by atoms with Crippen molar-refractivity contribution in [1.82, 2.24) is 5.32 Å². The standard InChI is InChI=1S/C15H21NO2/c1-12-10-15(17-8-5-9-18-15)11-14(16-12)13-6-3-2-4-7-13/h2-4,6-7,12,14,16H,5,8-11H2,1H3/t12-,14-/m1/s1. The summed E-state index contributed by atoms with van der Waals surface area (Å²) in [5.74, 6) is -0.358. The Bertz CT molecular complexity index is 387. The molecule has 0 radical (unpaired) electrons. The van der Waals surface area contributed by atoms with E-state index in [1.54, 1.807) is 0 Å². The van der Waals surface area contributed by atoms with Crippen LogP contribution in [0.5, 0.6) is 0 Å². The second kappa shape index (κ2) is 5.00. The normalized spacial score (nSPS) is 31.4. The molecule has 1 spiro atoms. The summed E-state index contributed by atoms with van der Waals surface area (Å²) in [5, 5.41) is 3.64. The monoisotopic (exact) mass is 247 g/mol. The maximum Gasteiger partial charge on any atom is 0.171 e. The molecule has 18 heavy (non-hydrogen) atoms. The van der Waals surface area contributed by atoms with Crippen LogP contribution in [-0.2, 0) is 9.47 Å². The van der Waals surface area contributed by atoms with Crippen LogP contribution < -0.4 is 5.32 Å². The van der Waals surface area contributed by atoms with Crippen molar-refractivity contribution in [3.8, 4) is 0 Å². The molecule has 2 atom stereocenters. The molecule has 0 amide bonds. The lowest BCUT2D eigenvalue weighted by atomic mass is 9.88. The van der Waals surface area contributed by atoms with Crippen LogP contribution in [-0.4, -0.2) is 25.0 Å². The number of rotatable bonds is 1. The van der Waals surface area contributed by atoms with Crippen molar-refractivity contribution in [3.05, 3.63) is 35.9 Å². The van der Waals surface area contributed by atoms with Gasteiger partial charge < -0.3 is 14.8 Å². The number of benzene rings is 1. The quantitative estimate of drug-likeness (QED) is 0.827. The van der Waals surface area contributed by atoms with E-state index in [9.17, 15) is 0 Å².